The third kappa shape index (κ3) is 4.28. The minimum atomic E-state index is -0.00782. The first-order chi connectivity index (χ1) is 13.2. The highest BCUT2D eigenvalue weighted by molar-refractivity contribution is 5.98. The Morgan fingerprint density at radius 2 is 1.70 bits per heavy atom. The Labute approximate surface area is 161 Å². The first kappa shape index (κ1) is 18.3. The first-order valence-corrected chi connectivity index (χ1v) is 10.4. The van der Waals surface area contributed by atoms with E-state index in [-0.39, 0.29) is 18.1 Å². The fraction of sp³-hybridized carbons (Fsp3) is 0.636. The number of amides is 1. The van der Waals surface area contributed by atoms with Crippen LogP contribution in [0.15, 0.2) is 18.2 Å². The van der Waals surface area contributed by atoms with Gasteiger partial charge < -0.3 is 14.4 Å². The van der Waals surface area contributed by atoms with Crippen LogP contribution in [0.5, 0.6) is 11.5 Å². The molecule has 1 saturated carbocycles. The van der Waals surface area contributed by atoms with Crippen molar-refractivity contribution in [2.45, 2.75) is 51.4 Å². The minimum Gasteiger partial charge on any atom is -0.490 e. The van der Waals surface area contributed by atoms with E-state index in [9.17, 15) is 9.59 Å². The zero-order chi connectivity index (χ0) is 18.6. The maximum Gasteiger partial charge on any atom is 0.223 e. The van der Waals surface area contributed by atoms with Crippen LogP contribution in [0.2, 0.25) is 0 Å². The highest BCUT2D eigenvalue weighted by Gasteiger charge is 2.32. The van der Waals surface area contributed by atoms with Gasteiger partial charge in [-0.05, 0) is 42.9 Å². The molecule has 1 aromatic rings. The third-order valence-electron chi connectivity index (χ3n) is 6.28. The van der Waals surface area contributed by atoms with Crippen molar-refractivity contribution >= 4 is 11.7 Å². The van der Waals surface area contributed by atoms with E-state index in [0.29, 0.717) is 42.6 Å². The Morgan fingerprint density at radius 3 is 2.56 bits per heavy atom. The van der Waals surface area contributed by atoms with Crippen LogP contribution in [0, 0.1) is 11.8 Å². The van der Waals surface area contributed by atoms with Crippen molar-refractivity contribution in [1.82, 2.24) is 4.90 Å². The van der Waals surface area contributed by atoms with Crippen molar-refractivity contribution in [3.63, 3.8) is 0 Å². The van der Waals surface area contributed by atoms with Crippen LogP contribution in [-0.4, -0.2) is 42.9 Å². The molecule has 0 spiro atoms. The van der Waals surface area contributed by atoms with E-state index in [4.69, 9.17) is 9.47 Å². The molecule has 5 heteroatoms. The Balaban J connectivity index is 1.31. The van der Waals surface area contributed by atoms with Gasteiger partial charge in [0.1, 0.15) is 0 Å². The summed E-state index contributed by atoms with van der Waals surface area (Å²) in [5, 5.41) is 0. The topological polar surface area (TPSA) is 55.8 Å². The fourth-order valence-corrected chi connectivity index (χ4v) is 4.69. The number of ether oxygens (including phenoxy) is 2. The number of benzene rings is 1. The van der Waals surface area contributed by atoms with Gasteiger partial charge in [-0.2, -0.15) is 0 Å². The summed E-state index contributed by atoms with van der Waals surface area (Å²) in [5.41, 5.74) is 0.595. The Bertz CT molecular complexity index is 702. The number of Topliss-reactive ketones (excluding diaryl/α,β-unsaturated/α-hetero) is 1. The molecule has 2 aliphatic heterocycles. The second-order valence-corrected chi connectivity index (χ2v) is 8.07. The lowest BCUT2D eigenvalue weighted by Gasteiger charge is -2.41. The maximum absolute atomic E-state index is 12.6. The van der Waals surface area contributed by atoms with Crippen LogP contribution in [0.3, 0.4) is 0 Å². The molecule has 0 unspecified atom stereocenters. The zero-order valence-corrected chi connectivity index (χ0v) is 16.0. The van der Waals surface area contributed by atoms with Crippen LogP contribution < -0.4 is 9.47 Å². The predicted octanol–water partition coefficient (Wildman–Crippen LogP) is 3.85. The van der Waals surface area contributed by atoms with Crippen molar-refractivity contribution in [2.24, 2.45) is 11.8 Å². The van der Waals surface area contributed by atoms with E-state index in [1.54, 1.807) is 18.2 Å². The van der Waals surface area contributed by atoms with Crippen molar-refractivity contribution in [1.29, 1.82) is 0 Å². The summed E-state index contributed by atoms with van der Waals surface area (Å²) >= 11 is 0. The normalized spacial score (nSPS) is 24.7. The number of likely N-dealkylation sites (tertiary alicyclic amines) is 1. The summed E-state index contributed by atoms with van der Waals surface area (Å²) < 4.78 is 11.3. The van der Waals surface area contributed by atoms with Gasteiger partial charge in [0.15, 0.2) is 17.3 Å². The largest absolute Gasteiger partial charge is 0.490 e. The standard InChI is InChI=1S/C22H29NO4/c24-19(17-6-8-20-21(14-17)27-13-3-12-26-20)7-9-22(25)23-11-10-16-4-1-2-5-18(16)15-23/h6,8,14,16,18H,1-5,7,9-13,15H2/t16-,18+/m1/s1. The van der Waals surface area contributed by atoms with Crippen LogP contribution in [0.25, 0.3) is 0 Å². The van der Waals surface area contributed by atoms with Crippen molar-refractivity contribution in [3.05, 3.63) is 23.8 Å². The van der Waals surface area contributed by atoms with Crippen LogP contribution in [0.1, 0.15) is 61.7 Å². The molecule has 1 saturated heterocycles. The van der Waals surface area contributed by atoms with Gasteiger partial charge in [-0.15, -0.1) is 0 Å². The predicted molar refractivity (Wildman–Crippen MR) is 102 cm³/mol. The minimum absolute atomic E-state index is 0.00782. The van der Waals surface area contributed by atoms with Crippen LogP contribution in [-0.2, 0) is 4.79 Å². The van der Waals surface area contributed by atoms with Crippen LogP contribution in [0.4, 0.5) is 0 Å². The van der Waals surface area contributed by atoms with Crippen molar-refractivity contribution in [2.75, 3.05) is 26.3 Å². The lowest BCUT2D eigenvalue weighted by molar-refractivity contribution is -0.134. The molecule has 4 rings (SSSR count). The molecular weight excluding hydrogens is 342 g/mol. The first-order valence-electron chi connectivity index (χ1n) is 10.4. The van der Waals surface area contributed by atoms with Gasteiger partial charge in [0.2, 0.25) is 5.91 Å². The number of carbonyl (C=O) groups is 2. The van der Waals surface area contributed by atoms with Gasteiger partial charge >= 0.3 is 0 Å². The Morgan fingerprint density at radius 1 is 0.926 bits per heavy atom. The molecule has 0 aromatic heterocycles. The van der Waals surface area contributed by atoms with Crippen molar-refractivity contribution in [3.8, 4) is 11.5 Å². The average molecular weight is 371 g/mol. The Hall–Kier alpha value is -2.04. The van der Waals surface area contributed by atoms with E-state index >= 15 is 0 Å². The van der Waals surface area contributed by atoms with Gasteiger partial charge in [0.25, 0.3) is 0 Å². The average Bonchev–Trinajstić information content (AvgIpc) is 2.96. The summed E-state index contributed by atoms with van der Waals surface area (Å²) in [6.07, 6.45) is 7.75. The van der Waals surface area contributed by atoms with E-state index < -0.39 is 0 Å². The smallest absolute Gasteiger partial charge is 0.223 e. The summed E-state index contributed by atoms with van der Waals surface area (Å²) in [6.45, 7) is 2.98. The molecule has 27 heavy (non-hydrogen) atoms. The molecule has 146 valence electrons. The monoisotopic (exact) mass is 371 g/mol. The number of fused-ring (bicyclic) bond motifs is 2. The molecule has 2 atom stereocenters. The molecule has 1 aliphatic carbocycles. The SMILES string of the molecule is O=C(CCC(=O)N1CC[C@H]2CCCC[C@H]2C1)c1ccc2c(c1)OCCCO2. The fourth-order valence-electron chi connectivity index (χ4n) is 4.69. The molecule has 0 radical (unpaired) electrons. The molecule has 1 aromatic carbocycles. The number of hydrogen-bond acceptors (Lipinski definition) is 4. The third-order valence-corrected chi connectivity index (χ3v) is 6.28. The lowest BCUT2D eigenvalue weighted by atomic mass is 9.75. The zero-order valence-electron chi connectivity index (χ0n) is 16.0. The van der Waals surface area contributed by atoms with Gasteiger partial charge in [-0.1, -0.05) is 19.3 Å². The van der Waals surface area contributed by atoms with Crippen LogP contribution >= 0.6 is 0 Å². The molecule has 3 aliphatic rings. The van der Waals surface area contributed by atoms with E-state index in [2.05, 4.69) is 0 Å². The van der Waals surface area contributed by atoms with E-state index in [1.165, 1.54) is 25.7 Å². The molecule has 2 heterocycles. The van der Waals surface area contributed by atoms with E-state index in [1.807, 2.05) is 4.90 Å². The molecular formula is C22H29NO4. The summed E-state index contributed by atoms with van der Waals surface area (Å²) in [4.78, 5) is 27.2. The van der Waals surface area contributed by atoms with Gasteiger partial charge in [0.05, 0.1) is 13.2 Å². The molecule has 2 fully saturated rings. The number of hydrogen-bond donors (Lipinski definition) is 0. The number of carbonyl (C=O) groups excluding carboxylic acids is 2. The van der Waals surface area contributed by atoms with Gasteiger partial charge in [-0.3, -0.25) is 9.59 Å². The molecule has 5 nitrogen and oxygen atoms in total. The second kappa shape index (κ2) is 8.32. The highest BCUT2D eigenvalue weighted by atomic mass is 16.5. The maximum atomic E-state index is 12.6. The highest BCUT2D eigenvalue weighted by Crippen LogP contribution is 2.36. The van der Waals surface area contributed by atoms with Gasteiger partial charge in [-0.25, -0.2) is 0 Å². The number of nitrogens with zero attached hydrogens (tertiary/aromatic N) is 1. The van der Waals surface area contributed by atoms with Gasteiger partial charge in [0, 0.05) is 37.9 Å². The summed E-state index contributed by atoms with van der Waals surface area (Å²) in [6, 6.07) is 5.32. The quantitative estimate of drug-likeness (QED) is 0.755. The number of rotatable bonds is 4. The summed E-state index contributed by atoms with van der Waals surface area (Å²) in [5.74, 6) is 2.92. The number of piperidine rings is 1. The van der Waals surface area contributed by atoms with Crippen molar-refractivity contribution < 1.29 is 19.1 Å². The number of ketones is 1. The molecule has 1 amide bonds. The lowest BCUT2D eigenvalue weighted by Crippen LogP contribution is -2.44. The summed E-state index contributed by atoms with van der Waals surface area (Å²) in [7, 11) is 0. The molecule has 0 bridgehead atoms. The second-order valence-electron chi connectivity index (χ2n) is 8.07. The Kier molecular flexibility index (Phi) is 5.65. The van der Waals surface area contributed by atoms with E-state index in [0.717, 1.165) is 31.8 Å². The molecule has 0 N–H and O–H groups in total.